The molecule has 0 unspecified atom stereocenters. The number of rotatable bonds is 7. The number of aryl methyl sites for hydroxylation is 1. The number of carbonyl (C=O) groups excluding carboxylic acids is 1. The minimum absolute atomic E-state index is 0.0725. The van der Waals surface area contributed by atoms with Crippen molar-refractivity contribution in [3.8, 4) is 0 Å². The molecule has 0 atom stereocenters. The molecular formula is C13H23N3OS. The van der Waals surface area contributed by atoms with E-state index >= 15 is 0 Å². The number of nitrogens with one attached hydrogen (secondary N) is 1. The van der Waals surface area contributed by atoms with Gasteiger partial charge in [0.25, 0.3) is 0 Å². The zero-order chi connectivity index (χ0) is 13.6. The summed E-state index contributed by atoms with van der Waals surface area (Å²) >= 11 is 1.64. The highest BCUT2D eigenvalue weighted by atomic mass is 32.1. The van der Waals surface area contributed by atoms with Crippen molar-refractivity contribution in [3.63, 3.8) is 0 Å². The maximum Gasteiger partial charge on any atom is 0.227 e. The summed E-state index contributed by atoms with van der Waals surface area (Å²) in [6.45, 7) is 7.04. The molecule has 18 heavy (non-hydrogen) atoms. The second-order valence-electron chi connectivity index (χ2n) is 4.58. The molecule has 0 saturated heterocycles. The van der Waals surface area contributed by atoms with Gasteiger partial charge >= 0.3 is 0 Å². The van der Waals surface area contributed by atoms with E-state index in [0.29, 0.717) is 13.1 Å². The summed E-state index contributed by atoms with van der Waals surface area (Å²) in [5, 5.41) is 6.08. The molecule has 5 heteroatoms. The maximum absolute atomic E-state index is 12.1. The Morgan fingerprint density at radius 2 is 2.17 bits per heavy atom. The normalized spacial score (nSPS) is 11.6. The van der Waals surface area contributed by atoms with Gasteiger partial charge in [0.2, 0.25) is 5.91 Å². The van der Waals surface area contributed by atoms with Crippen molar-refractivity contribution in [1.29, 1.82) is 0 Å². The molecule has 1 heterocycles. The molecule has 1 rings (SSSR count). The van der Waals surface area contributed by atoms with Crippen LogP contribution in [0.25, 0.3) is 0 Å². The summed E-state index contributed by atoms with van der Waals surface area (Å²) in [6, 6.07) is 0. The van der Waals surface area contributed by atoms with Crippen LogP contribution in [0, 0.1) is 12.3 Å². The van der Waals surface area contributed by atoms with Gasteiger partial charge < -0.3 is 11.1 Å². The smallest absolute Gasteiger partial charge is 0.227 e. The van der Waals surface area contributed by atoms with Gasteiger partial charge in [0.05, 0.1) is 10.4 Å². The van der Waals surface area contributed by atoms with Crippen molar-refractivity contribution in [2.75, 3.05) is 13.1 Å². The maximum atomic E-state index is 12.1. The fourth-order valence-corrected chi connectivity index (χ4v) is 2.72. The highest BCUT2D eigenvalue weighted by Gasteiger charge is 2.32. The van der Waals surface area contributed by atoms with Crippen LogP contribution in [0.15, 0.2) is 5.38 Å². The van der Waals surface area contributed by atoms with Gasteiger partial charge in [-0.3, -0.25) is 4.79 Å². The summed E-state index contributed by atoms with van der Waals surface area (Å²) in [7, 11) is 0. The number of hydrogen-bond acceptors (Lipinski definition) is 4. The van der Waals surface area contributed by atoms with E-state index in [1.165, 1.54) is 0 Å². The Bertz CT molecular complexity index is 377. The molecule has 3 N–H and O–H groups in total. The fraction of sp³-hybridized carbons (Fsp3) is 0.692. The molecule has 102 valence electrons. The third-order valence-corrected chi connectivity index (χ3v) is 4.54. The Balaban J connectivity index is 2.45. The van der Waals surface area contributed by atoms with Gasteiger partial charge in [-0.1, -0.05) is 13.8 Å². The molecule has 0 spiro atoms. The van der Waals surface area contributed by atoms with Crippen LogP contribution in [0.5, 0.6) is 0 Å². The molecule has 0 saturated carbocycles. The lowest BCUT2D eigenvalue weighted by molar-refractivity contribution is -0.131. The van der Waals surface area contributed by atoms with Crippen molar-refractivity contribution in [3.05, 3.63) is 16.1 Å². The van der Waals surface area contributed by atoms with E-state index in [1.807, 2.05) is 26.2 Å². The van der Waals surface area contributed by atoms with Crippen molar-refractivity contribution in [2.45, 2.75) is 40.0 Å². The zero-order valence-corrected chi connectivity index (χ0v) is 12.3. The third kappa shape index (κ3) is 3.53. The van der Waals surface area contributed by atoms with Crippen LogP contribution < -0.4 is 11.1 Å². The topological polar surface area (TPSA) is 68.0 Å². The first-order valence-corrected chi connectivity index (χ1v) is 7.35. The third-order valence-electron chi connectivity index (χ3n) is 3.52. The Morgan fingerprint density at radius 3 is 2.61 bits per heavy atom. The summed E-state index contributed by atoms with van der Waals surface area (Å²) < 4.78 is 0. The molecule has 0 radical (unpaired) electrons. The van der Waals surface area contributed by atoms with Crippen LogP contribution in [0.3, 0.4) is 0 Å². The summed E-state index contributed by atoms with van der Waals surface area (Å²) in [6.07, 6.45) is 2.35. The number of amides is 1. The van der Waals surface area contributed by atoms with E-state index in [4.69, 9.17) is 5.73 Å². The summed E-state index contributed by atoms with van der Waals surface area (Å²) in [4.78, 5) is 16.5. The Kier molecular flexibility index (Phi) is 5.75. The van der Waals surface area contributed by atoms with E-state index in [1.54, 1.807) is 11.3 Å². The molecule has 0 aromatic carbocycles. The van der Waals surface area contributed by atoms with E-state index in [2.05, 4.69) is 10.3 Å². The predicted molar refractivity (Wildman–Crippen MR) is 75.6 cm³/mol. The number of aromatic nitrogens is 1. The monoisotopic (exact) mass is 269 g/mol. The first-order chi connectivity index (χ1) is 8.57. The highest BCUT2D eigenvalue weighted by molar-refractivity contribution is 7.09. The van der Waals surface area contributed by atoms with Gasteiger partial charge in [0, 0.05) is 30.6 Å². The molecule has 0 aliphatic carbocycles. The molecule has 1 aromatic rings. The van der Waals surface area contributed by atoms with Crippen molar-refractivity contribution < 1.29 is 4.79 Å². The Morgan fingerprint density at radius 1 is 1.50 bits per heavy atom. The summed E-state index contributed by atoms with van der Waals surface area (Å²) in [5.41, 5.74) is 6.38. The second kappa shape index (κ2) is 6.85. The largest absolute Gasteiger partial charge is 0.355 e. The lowest BCUT2D eigenvalue weighted by Gasteiger charge is -2.28. The van der Waals surface area contributed by atoms with Crippen LogP contribution >= 0.6 is 11.3 Å². The first-order valence-electron chi connectivity index (χ1n) is 6.47. The van der Waals surface area contributed by atoms with Gasteiger partial charge in [-0.05, 0) is 19.8 Å². The minimum atomic E-state index is -0.404. The number of hydrogen-bond donors (Lipinski definition) is 2. The van der Waals surface area contributed by atoms with Crippen LogP contribution in [0.2, 0.25) is 0 Å². The van der Waals surface area contributed by atoms with Gasteiger partial charge in [0.15, 0.2) is 0 Å². The second-order valence-corrected chi connectivity index (χ2v) is 5.52. The standard InChI is InChI=1S/C13H23N3OS/c1-4-13(5-2,9-14)12(17)15-7-6-11-16-10(3)8-18-11/h8H,4-7,9,14H2,1-3H3,(H,15,17). The van der Waals surface area contributed by atoms with Crippen LogP contribution in [0.1, 0.15) is 37.4 Å². The van der Waals surface area contributed by atoms with E-state index < -0.39 is 5.41 Å². The van der Waals surface area contributed by atoms with Crippen molar-refractivity contribution in [1.82, 2.24) is 10.3 Å². The van der Waals surface area contributed by atoms with Gasteiger partial charge in [-0.2, -0.15) is 0 Å². The molecular weight excluding hydrogens is 246 g/mol. The van der Waals surface area contributed by atoms with E-state index in [0.717, 1.165) is 30.0 Å². The predicted octanol–water partition coefficient (Wildman–Crippen LogP) is 1.88. The number of thiazole rings is 1. The van der Waals surface area contributed by atoms with Gasteiger partial charge in [0.1, 0.15) is 0 Å². The number of nitrogens with two attached hydrogens (primary N) is 1. The van der Waals surface area contributed by atoms with Crippen LogP contribution in [0.4, 0.5) is 0 Å². The summed E-state index contributed by atoms with van der Waals surface area (Å²) in [5.74, 6) is 0.0725. The molecule has 0 aliphatic heterocycles. The quantitative estimate of drug-likeness (QED) is 0.794. The minimum Gasteiger partial charge on any atom is -0.355 e. The SMILES string of the molecule is CCC(CC)(CN)C(=O)NCCc1nc(C)cs1. The molecule has 1 aromatic heterocycles. The first kappa shape index (κ1) is 15.1. The van der Waals surface area contributed by atoms with E-state index in [9.17, 15) is 4.79 Å². The number of carbonyl (C=O) groups is 1. The average molecular weight is 269 g/mol. The van der Waals surface area contributed by atoms with Gasteiger partial charge in [-0.15, -0.1) is 11.3 Å². The lowest BCUT2D eigenvalue weighted by Crippen LogP contribution is -2.45. The van der Waals surface area contributed by atoms with Crippen LogP contribution in [-0.2, 0) is 11.2 Å². The Labute approximate surface area is 113 Å². The molecule has 0 fully saturated rings. The van der Waals surface area contributed by atoms with Gasteiger partial charge in [-0.25, -0.2) is 4.98 Å². The fourth-order valence-electron chi connectivity index (χ4n) is 1.94. The molecule has 1 amide bonds. The van der Waals surface area contributed by atoms with Crippen LogP contribution in [-0.4, -0.2) is 24.0 Å². The van der Waals surface area contributed by atoms with Crippen molar-refractivity contribution >= 4 is 17.2 Å². The molecule has 4 nitrogen and oxygen atoms in total. The molecule has 0 aliphatic rings. The van der Waals surface area contributed by atoms with Crippen molar-refractivity contribution in [2.24, 2.45) is 11.1 Å². The Hall–Kier alpha value is -0.940. The highest BCUT2D eigenvalue weighted by Crippen LogP contribution is 2.24. The lowest BCUT2D eigenvalue weighted by atomic mass is 9.81. The van der Waals surface area contributed by atoms with E-state index in [-0.39, 0.29) is 5.91 Å². The average Bonchev–Trinajstić information content (AvgIpc) is 2.78. The number of nitrogens with zero attached hydrogens (tertiary/aromatic N) is 1. The zero-order valence-electron chi connectivity index (χ0n) is 11.5. The molecule has 0 bridgehead atoms.